The van der Waals surface area contributed by atoms with Gasteiger partial charge in [0.2, 0.25) is 11.8 Å². The Morgan fingerprint density at radius 1 is 1.04 bits per heavy atom. The third kappa shape index (κ3) is 6.86. The number of carbonyl (C=O) groups is 2. The topological polar surface area (TPSA) is 61.4 Å². The molecule has 0 unspecified atom stereocenters. The number of hydrogen-bond acceptors (Lipinski definition) is 3. The normalized spacial score (nSPS) is 10.7. The molecule has 0 radical (unpaired) electrons. The lowest BCUT2D eigenvalue weighted by molar-refractivity contribution is -0.124. The van der Waals surface area contributed by atoms with Crippen LogP contribution in [0.15, 0.2) is 42.5 Å². The van der Waals surface area contributed by atoms with E-state index in [9.17, 15) is 9.59 Å². The van der Waals surface area contributed by atoms with E-state index in [0.29, 0.717) is 16.6 Å². The first-order valence-electron chi connectivity index (χ1n) is 8.66. The Hall–Kier alpha value is -2.08. The van der Waals surface area contributed by atoms with Crippen molar-refractivity contribution in [3.63, 3.8) is 0 Å². The highest BCUT2D eigenvalue weighted by atomic mass is 35.5. The van der Waals surface area contributed by atoms with E-state index in [1.807, 2.05) is 49.2 Å². The van der Waals surface area contributed by atoms with Gasteiger partial charge < -0.3 is 10.6 Å². The fourth-order valence-corrected chi connectivity index (χ4v) is 2.95. The molecule has 0 saturated heterocycles. The second kappa shape index (κ2) is 10.3. The van der Waals surface area contributed by atoms with Crippen LogP contribution in [0.2, 0.25) is 10.0 Å². The minimum absolute atomic E-state index is 0.0719. The molecular formula is C20H23Cl2N3O2. The summed E-state index contributed by atoms with van der Waals surface area (Å²) in [6, 6.07) is 13.0. The maximum absolute atomic E-state index is 12.1. The number of benzene rings is 2. The highest BCUT2D eigenvalue weighted by molar-refractivity contribution is 6.42. The molecule has 0 aromatic heterocycles. The van der Waals surface area contributed by atoms with E-state index in [4.69, 9.17) is 23.2 Å². The van der Waals surface area contributed by atoms with Crippen LogP contribution in [0.25, 0.3) is 0 Å². The molecule has 2 aromatic rings. The molecular weight excluding hydrogens is 385 g/mol. The summed E-state index contributed by atoms with van der Waals surface area (Å²) < 4.78 is 0. The summed E-state index contributed by atoms with van der Waals surface area (Å²) in [6.45, 7) is 2.66. The fourth-order valence-electron chi connectivity index (χ4n) is 2.63. The maximum atomic E-state index is 12.1. The average Bonchev–Trinajstić information content (AvgIpc) is 2.63. The van der Waals surface area contributed by atoms with E-state index in [-0.39, 0.29) is 24.9 Å². The van der Waals surface area contributed by atoms with Gasteiger partial charge in [0.1, 0.15) is 0 Å². The monoisotopic (exact) mass is 407 g/mol. The molecule has 2 N–H and O–H groups in total. The molecule has 5 nitrogen and oxygen atoms in total. The summed E-state index contributed by atoms with van der Waals surface area (Å²) in [4.78, 5) is 26.0. The lowest BCUT2D eigenvalue weighted by Crippen LogP contribution is -2.39. The molecule has 0 aliphatic carbocycles. The Bertz CT molecular complexity index is 812. The van der Waals surface area contributed by atoms with Crippen molar-refractivity contribution < 1.29 is 9.59 Å². The van der Waals surface area contributed by atoms with E-state index in [1.165, 1.54) is 0 Å². The van der Waals surface area contributed by atoms with Crippen LogP contribution in [-0.2, 0) is 22.6 Å². The standard InChI is InChI=1S/C20H23Cl2N3O2/c1-3-15-6-4-5-7-18(15)24-19(26)11-23-20(27)13-25(2)12-14-8-9-16(21)17(22)10-14/h4-10H,3,11-13H2,1-2H3,(H,23,27)(H,24,26). The van der Waals surface area contributed by atoms with Crippen LogP contribution in [0.1, 0.15) is 18.1 Å². The molecule has 7 heteroatoms. The zero-order chi connectivity index (χ0) is 19.8. The molecule has 2 amide bonds. The molecule has 27 heavy (non-hydrogen) atoms. The first-order chi connectivity index (χ1) is 12.9. The van der Waals surface area contributed by atoms with Crippen LogP contribution in [0.5, 0.6) is 0 Å². The Kier molecular flexibility index (Phi) is 8.10. The van der Waals surface area contributed by atoms with Crippen LogP contribution in [0, 0.1) is 0 Å². The number of likely N-dealkylation sites (N-methyl/N-ethyl adjacent to an activating group) is 1. The molecule has 0 heterocycles. The molecule has 0 saturated carbocycles. The average molecular weight is 408 g/mol. The van der Waals surface area contributed by atoms with Crippen molar-refractivity contribution in [1.82, 2.24) is 10.2 Å². The molecule has 0 atom stereocenters. The molecule has 0 bridgehead atoms. The molecule has 144 valence electrons. The number of nitrogens with zero attached hydrogens (tertiary/aromatic N) is 1. The van der Waals surface area contributed by atoms with Crippen LogP contribution < -0.4 is 10.6 Å². The number of aryl methyl sites for hydroxylation is 1. The highest BCUT2D eigenvalue weighted by Gasteiger charge is 2.11. The van der Waals surface area contributed by atoms with Crippen molar-refractivity contribution in [2.45, 2.75) is 19.9 Å². The number of amides is 2. The predicted octanol–water partition coefficient (Wildman–Crippen LogP) is 3.74. The van der Waals surface area contributed by atoms with E-state index < -0.39 is 0 Å². The Labute approximate surface area is 169 Å². The number of nitrogens with one attached hydrogen (secondary N) is 2. The molecule has 0 fully saturated rings. The van der Waals surface area contributed by atoms with Gasteiger partial charge in [0.05, 0.1) is 23.1 Å². The smallest absolute Gasteiger partial charge is 0.243 e. The second-order valence-electron chi connectivity index (χ2n) is 6.26. The molecule has 2 rings (SSSR count). The summed E-state index contributed by atoms with van der Waals surface area (Å²) in [5.74, 6) is -0.479. The van der Waals surface area contributed by atoms with Gasteiger partial charge in [-0.3, -0.25) is 14.5 Å². The van der Waals surface area contributed by atoms with Crippen molar-refractivity contribution in [3.05, 3.63) is 63.6 Å². The van der Waals surface area contributed by atoms with E-state index >= 15 is 0 Å². The van der Waals surface area contributed by atoms with Crippen molar-refractivity contribution in [3.8, 4) is 0 Å². The van der Waals surface area contributed by atoms with Gasteiger partial charge >= 0.3 is 0 Å². The number of rotatable bonds is 8. The van der Waals surface area contributed by atoms with Gasteiger partial charge in [-0.15, -0.1) is 0 Å². The van der Waals surface area contributed by atoms with Crippen LogP contribution in [0.3, 0.4) is 0 Å². The van der Waals surface area contributed by atoms with Gasteiger partial charge in [0.15, 0.2) is 0 Å². The Balaban J connectivity index is 1.77. The summed E-state index contributed by atoms with van der Waals surface area (Å²) in [5.41, 5.74) is 2.78. The predicted molar refractivity (Wildman–Crippen MR) is 110 cm³/mol. The Morgan fingerprint density at radius 3 is 2.48 bits per heavy atom. The van der Waals surface area contributed by atoms with Gasteiger partial charge in [-0.05, 0) is 42.8 Å². The minimum atomic E-state index is -0.253. The van der Waals surface area contributed by atoms with Crippen LogP contribution in [0.4, 0.5) is 5.69 Å². The highest BCUT2D eigenvalue weighted by Crippen LogP contribution is 2.23. The zero-order valence-corrected chi connectivity index (χ0v) is 16.9. The van der Waals surface area contributed by atoms with Gasteiger partial charge in [0, 0.05) is 12.2 Å². The first-order valence-corrected chi connectivity index (χ1v) is 9.41. The molecule has 2 aromatic carbocycles. The summed E-state index contributed by atoms with van der Waals surface area (Å²) in [5, 5.41) is 6.44. The van der Waals surface area contributed by atoms with E-state index in [0.717, 1.165) is 23.2 Å². The van der Waals surface area contributed by atoms with Gasteiger partial charge in [-0.25, -0.2) is 0 Å². The number of anilines is 1. The second-order valence-corrected chi connectivity index (χ2v) is 7.07. The zero-order valence-electron chi connectivity index (χ0n) is 15.4. The number of carbonyl (C=O) groups excluding carboxylic acids is 2. The number of halogens is 2. The van der Waals surface area contributed by atoms with E-state index in [1.54, 1.807) is 12.1 Å². The Morgan fingerprint density at radius 2 is 1.78 bits per heavy atom. The quantitative estimate of drug-likeness (QED) is 0.700. The summed E-state index contributed by atoms with van der Waals surface area (Å²) in [6.07, 6.45) is 0.822. The van der Waals surface area contributed by atoms with Crippen molar-refractivity contribution in [2.75, 3.05) is 25.5 Å². The van der Waals surface area contributed by atoms with Crippen LogP contribution in [-0.4, -0.2) is 36.9 Å². The fraction of sp³-hybridized carbons (Fsp3) is 0.300. The van der Waals surface area contributed by atoms with Gasteiger partial charge in [0.25, 0.3) is 0 Å². The van der Waals surface area contributed by atoms with E-state index in [2.05, 4.69) is 10.6 Å². The lowest BCUT2D eigenvalue weighted by Gasteiger charge is -2.17. The van der Waals surface area contributed by atoms with Gasteiger partial charge in [-0.2, -0.15) is 0 Å². The number of hydrogen-bond donors (Lipinski definition) is 2. The van der Waals surface area contributed by atoms with Crippen molar-refractivity contribution in [2.24, 2.45) is 0 Å². The third-order valence-corrected chi connectivity index (χ3v) is 4.71. The molecule has 0 spiro atoms. The third-order valence-electron chi connectivity index (χ3n) is 3.97. The summed E-state index contributed by atoms with van der Waals surface area (Å²) in [7, 11) is 1.82. The SMILES string of the molecule is CCc1ccccc1NC(=O)CNC(=O)CN(C)Cc1ccc(Cl)c(Cl)c1. The first kappa shape index (κ1) is 21.2. The number of para-hydroxylation sites is 1. The largest absolute Gasteiger partial charge is 0.346 e. The van der Waals surface area contributed by atoms with Crippen molar-refractivity contribution in [1.29, 1.82) is 0 Å². The minimum Gasteiger partial charge on any atom is -0.346 e. The van der Waals surface area contributed by atoms with Gasteiger partial charge in [-0.1, -0.05) is 54.4 Å². The molecule has 0 aliphatic heterocycles. The maximum Gasteiger partial charge on any atom is 0.243 e. The summed E-state index contributed by atoms with van der Waals surface area (Å²) >= 11 is 11.9. The van der Waals surface area contributed by atoms with Crippen LogP contribution >= 0.6 is 23.2 Å². The molecule has 0 aliphatic rings. The van der Waals surface area contributed by atoms with Crippen molar-refractivity contribution >= 4 is 40.7 Å². The lowest BCUT2D eigenvalue weighted by atomic mass is 10.1.